The molecule has 0 aliphatic carbocycles. The van der Waals surface area contributed by atoms with E-state index in [-0.39, 0.29) is 11.8 Å². The van der Waals surface area contributed by atoms with Gasteiger partial charge in [-0.15, -0.1) is 0 Å². The van der Waals surface area contributed by atoms with Crippen LogP contribution in [0, 0.1) is 5.41 Å². The molecule has 0 bridgehead atoms. The zero-order valence-electron chi connectivity index (χ0n) is 13.3. The normalized spacial score (nSPS) is 11.5. The molecule has 0 spiro atoms. The second kappa shape index (κ2) is 9.11. The van der Waals surface area contributed by atoms with E-state index in [1.54, 1.807) is 6.08 Å². The molecule has 0 heterocycles. The zero-order chi connectivity index (χ0) is 15.7. The Bertz CT molecular complexity index is 489. The summed E-state index contributed by atoms with van der Waals surface area (Å²) in [6.45, 7) is 6.20. The maximum Gasteiger partial charge on any atom is 0.187 e. The highest BCUT2D eigenvalue weighted by molar-refractivity contribution is 6.05. The topological polar surface area (TPSA) is 53.0 Å². The van der Waals surface area contributed by atoms with Crippen LogP contribution < -0.4 is 5.32 Å². The third kappa shape index (κ3) is 6.89. The van der Waals surface area contributed by atoms with Gasteiger partial charge >= 0.3 is 0 Å². The molecule has 0 atom stereocenters. The average Bonchev–Trinajstić information content (AvgIpc) is 2.45. The predicted molar refractivity (Wildman–Crippen MR) is 89.0 cm³/mol. The van der Waals surface area contributed by atoms with Gasteiger partial charge in [-0.2, -0.15) is 0 Å². The van der Waals surface area contributed by atoms with E-state index in [9.17, 15) is 4.79 Å². The van der Waals surface area contributed by atoms with Crippen molar-refractivity contribution in [1.82, 2.24) is 5.32 Å². The summed E-state index contributed by atoms with van der Waals surface area (Å²) < 4.78 is 0. The predicted octanol–water partition coefficient (Wildman–Crippen LogP) is 4.35. The van der Waals surface area contributed by atoms with E-state index < -0.39 is 0 Å². The van der Waals surface area contributed by atoms with Crippen LogP contribution in [-0.2, 0) is 0 Å². The van der Waals surface area contributed by atoms with Gasteiger partial charge in [0, 0.05) is 35.5 Å². The number of allylic oxidation sites excluding steroid dienone is 2. The Hall–Kier alpha value is -1.90. The van der Waals surface area contributed by atoms with Crippen molar-refractivity contribution in [2.45, 2.75) is 52.5 Å². The average molecular weight is 286 g/mol. The molecule has 114 valence electrons. The van der Waals surface area contributed by atoms with Gasteiger partial charge in [-0.3, -0.25) is 4.79 Å². The number of unbranched alkanes of at least 4 members (excludes halogenated alkanes) is 1. The van der Waals surface area contributed by atoms with Gasteiger partial charge in [0.05, 0.1) is 0 Å². The highest BCUT2D eigenvalue weighted by atomic mass is 16.1. The molecule has 3 heteroatoms. The first-order chi connectivity index (χ1) is 10.0. The Morgan fingerprint density at radius 2 is 1.95 bits per heavy atom. The second-order valence-corrected chi connectivity index (χ2v) is 5.58. The number of ketones is 1. The molecule has 1 aromatic carbocycles. The molecule has 0 unspecified atom stereocenters. The second-order valence-electron chi connectivity index (χ2n) is 5.58. The molecular weight excluding hydrogens is 260 g/mol. The summed E-state index contributed by atoms with van der Waals surface area (Å²) in [5, 5.41) is 11.3. The maximum atomic E-state index is 12.2. The monoisotopic (exact) mass is 286 g/mol. The van der Waals surface area contributed by atoms with Crippen molar-refractivity contribution in [3.05, 3.63) is 47.7 Å². The fourth-order valence-electron chi connectivity index (χ4n) is 2.07. The lowest BCUT2D eigenvalue weighted by Gasteiger charge is -2.15. The van der Waals surface area contributed by atoms with Crippen molar-refractivity contribution in [3.8, 4) is 0 Å². The molecule has 2 N–H and O–H groups in total. The number of nitrogens with one attached hydrogen (secondary N) is 2. The van der Waals surface area contributed by atoms with Gasteiger partial charge in [-0.25, -0.2) is 0 Å². The van der Waals surface area contributed by atoms with E-state index in [2.05, 4.69) is 12.2 Å². The van der Waals surface area contributed by atoms with Gasteiger partial charge < -0.3 is 10.7 Å². The molecule has 0 radical (unpaired) electrons. The SMILES string of the molecule is CCCCC(=N)C/C(=C/C(=O)c1ccccc1)NC(C)C. The fraction of sp³-hybridized carbons (Fsp3) is 0.444. The summed E-state index contributed by atoms with van der Waals surface area (Å²) in [5.74, 6) is -0.0120. The van der Waals surface area contributed by atoms with Crippen LogP contribution in [0.2, 0.25) is 0 Å². The Morgan fingerprint density at radius 3 is 2.52 bits per heavy atom. The highest BCUT2D eigenvalue weighted by Gasteiger charge is 2.08. The van der Waals surface area contributed by atoms with Crippen molar-refractivity contribution in [2.75, 3.05) is 0 Å². The molecule has 0 amide bonds. The van der Waals surface area contributed by atoms with Crippen molar-refractivity contribution in [3.63, 3.8) is 0 Å². The molecule has 0 saturated heterocycles. The van der Waals surface area contributed by atoms with Crippen LogP contribution in [0.1, 0.15) is 56.8 Å². The van der Waals surface area contributed by atoms with Crippen molar-refractivity contribution in [2.24, 2.45) is 0 Å². The van der Waals surface area contributed by atoms with Crippen LogP contribution in [0.4, 0.5) is 0 Å². The minimum Gasteiger partial charge on any atom is -0.386 e. The third-order valence-corrected chi connectivity index (χ3v) is 3.07. The first-order valence-electron chi connectivity index (χ1n) is 7.65. The number of hydrogen-bond acceptors (Lipinski definition) is 3. The molecule has 0 aliphatic rings. The molecule has 0 aliphatic heterocycles. The van der Waals surface area contributed by atoms with Crippen LogP contribution in [0.5, 0.6) is 0 Å². The van der Waals surface area contributed by atoms with E-state index in [1.807, 2.05) is 44.2 Å². The minimum absolute atomic E-state index is 0.0120. The van der Waals surface area contributed by atoms with Gasteiger partial charge in [0.15, 0.2) is 5.78 Å². The summed E-state index contributed by atoms with van der Waals surface area (Å²) in [4.78, 5) is 12.2. The van der Waals surface area contributed by atoms with Crippen LogP contribution in [0.3, 0.4) is 0 Å². The molecule has 0 aromatic heterocycles. The molecule has 0 fully saturated rings. The van der Waals surface area contributed by atoms with Gasteiger partial charge in [-0.05, 0) is 26.7 Å². The standard InChI is InChI=1S/C18H26N2O/c1-4-5-11-16(19)12-17(20-14(2)3)13-18(21)15-9-7-6-8-10-15/h6-10,13-14,19-20H,4-5,11-12H2,1-3H3/b17-13-,19-16?. The largest absolute Gasteiger partial charge is 0.386 e. The lowest BCUT2D eigenvalue weighted by molar-refractivity contribution is 0.104. The Balaban J connectivity index is 2.78. The van der Waals surface area contributed by atoms with Crippen LogP contribution >= 0.6 is 0 Å². The van der Waals surface area contributed by atoms with Gasteiger partial charge in [0.25, 0.3) is 0 Å². The first-order valence-corrected chi connectivity index (χ1v) is 7.65. The third-order valence-electron chi connectivity index (χ3n) is 3.07. The molecule has 21 heavy (non-hydrogen) atoms. The molecular formula is C18H26N2O. The number of rotatable bonds is 9. The van der Waals surface area contributed by atoms with Crippen LogP contribution in [0.25, 0.3) is 0 Å². The maximum absolute atomic E-state index is 12.2. The lowest BCUT2D eigenvalue weighted by Crippen LogP contribution is -2.24. The van der Waals surface area contributed by atoms with E-state index in [4.69, 9.17) is 5.41 Å². The zero-order valence-corrected chi connectivity index (χ0v) is 13.3. The Morgan fingerprint density at radius 1 is 1.29 bits per heavy atom. The van der Waals surface area contributed by atoms with Crippen molar-refractivity contribution < 1.29 is 4.79 Å². The smallest absolute Gasteiger partial charge is 0.187 e. The van der Waals surface area contributed by atoms with Crippen LogP contribution in [-0.4, -0.2) is 17.5 Å². The van der Waals surface area contributed by atoms with Crippen LogP contribution in [0.15, 0.2) is 42.1 Å². The number of benzene rings is 1. The van der Waals surface area contributed by atoms with E-state index in [1.165, 1.54) is 0 Å². The number of carbonyl (C=O) groups excluding carboxylic acids is 1. The molecule has 3 nitrogen and oxygen atoms in total. The summed E-state index contributed by atoms with van der Waals surface area (Å²) in [5.41, 5.74) is 2.19. The molecule has 0 saturated carbocycles. The van der Waals surface area contributed by atoms with E-state index in [0.29, 0.717) is 17.7 Å². The van der Waals surface area contributed by atoms with Gasteiger partial charge in [0.1, 0.15) is 0 Å². The molecule has 1 rings (SSSR count). The van der Waals surface area contributed by atoms with Gasteiger partial charge in [0.2, 0.25) is 0 Å². The Labute approximate surface area is 128 Å². The number of hydrogen-bond donors (Lipinski definition) is 2. The van der Waals surface area contributed by atoms with Crippen molar-refractivity contribution in [1.29, 1.82) is 5.41 Å². The minimum atomic E-state index is -0.0120. The van der Waals surface area contributed by atoms with E-state index >= 15 is 0 Å². The summed E-state index contributed by atoms with van der Waals surface area (Å²) in [6, 6.07) is 9.50. The van der Waals surface area contributed by atoms with E-state index in [0.717, 1.165) is 25.0 Å². The summed E-state index contributed by atoms with van der Waals surface area (Å²) in [7, 11) is 0. The summed E-state index contributed by atoms with van der Waals surface area (Å²) >= 11 is 0. The first kappa shape index (κ1) is 17.2. The van der Waals surface area contributed by atoms with Crippen molar-refractivity contribution >= 4 is 11.5 Å². The number of carbonyl (C=O) groups is 1. The lowest BCUT2D eigenvalue weighted by atomic mass is 10.0. The quantitative estimate of drug-likeness (QED) is 0.403. The fourth-order valence-corrected chi connectivity index (χ4v) is 2.07. The summed E-state index contributed by atoms with van der Waals surface area (Å²) in [6.07, 6.45) is 5.07. The molecule has 1 aromatic rings. The van der Waals surface area contributed by atoms with Gasteiger partial charge in [-0.1, -0.05) is 43.7 Å². The highest BCUT2D eigenvalue weighted by Crippen LogP contribution is 2.09. The Kier molecular flexibility index (Phi) is 7.44.